The second kappa shape index (κ2) is 6.29. The lowest BCUT2D eigenvalue weighted by atomic mass is 10.2. The van der Waals surface area contributed by atoms with Gasteiger partial charge in [0.05, 0.1) is 16.7 Å². The molecule has 0 aromatic heterocycles. The highest BCUT2D eigenvalue weighted by molar-refractivity contribution is 5.95. The van der Waals surface area contributed by atoms with E-state index in [1.807, 2.05) is 0 Å². The molecule has 2 aromatic carbocycles. The highest BCUT2D eigenvalue weighted by Crippen LogP contribution is 2.15. The van der Waals surface area contributed by atoms with Crippen molar-refractivity contribution in [2.45, 2.75) is 0 Å². The molecule has 0 heterocycles. The zero-order valence-electron chi connectivity index (χ0n) is 10.8. The van der Waals surface area contributed by atoms with Crippen molar-refractivity contribution in [1.82, 2.24) is 5.43 Å². The number of nitro benzene ring substituents is 1. The van der Waals surface area contributed by atoms with Gasteiger partial charge < -0.3 is 5.11 Å². The standard InChI is InChI=1S/C14H11N3O4/c18-12-6-3-5-10(8-12)14(19)16-15-9-11-4-1-2-7-13(11)17(20)21/h1-9,18H,(H,16,19)/b15-9+. The SMILES string of the molecule is O=C(N/N=C/c1ccccc1[N+](=O)[O-])c1cccc(O)c1. The fourth-order valence-electron chi connectivity index (χ4n) is 1.64. The van der Waals surface area contributed by atoms with Crippen molar-refractivity contribution in [2.75, 3.05) is 0 Å². The molecule has 1 amide bonds. The number of carbonyl (C=O) groups excluding carboxylic acids is 1. The van der Waals surface area contributed by atoms with Crippen LogP contribution in [0, 0.1) is 10.1 Å². The van der Waals surface area contributed by atoms with Crippen molar-refractivity contribution in [3.63, 3.8) is 0 Å². The van der Waals surface area contributed by atoms with E-state index in [1.54, 1.807) is 12.1 Å². The van der Waals surface area contributed by atoms with Crippen molar-refractivity contribution in [3.05, 3.63) is 69.8 Å². The second-order valence-corrected chi connectivity index (χ2v) is 4.07. The van der Waals surface area contributed by atoms with Crippen molar-refractivity contribution in [1.29, 1.82) is 0 Å². The first-order valence-corrected chi connectivity index (χ1v) is 5.94. The predicted octanol–water partition coefficient (Wildman–Crippen LogP) is 2.06. The maximum Gasteiger partial charge on any atom is 0.278 e. The number of benzene rings is 2. The lowest BCUT2D eigenvalue weighted by Crippen LogP contribution is -2.17. The molecule has 0 aliphatic heterocycles. The average Bonchev–Trinajstić information content (AvgIpc) is 2.47. The maximum atomic E-state index is 11.7. The van der Waals surface area contributed by atoms with Crippen LogP contribution in [0.3, 0.4) is 0 Å². The Morgan fingerprint density at radius 1 is 1.24 bits per heavy atom. The van der Waals surface area contributed by atoms with Gasteiger partial charge in [-0.05, 0) is 24.3 Å². The zero-order chi connectivity index (χ0) is 15.2. The molecule has 2 rings (SSSR count). The van der Waals surface area contributed by atoms with E-state index in [9.17, 15) is 20.0 Å². The summed E-state index contributed by atoms with van der Waals surface area (Å²) in [6.45, 7) is 0. The van der Waals surface area contributed by atoms with E-state index in [0.717, 1.165) is 0 Å². The number of carbonyl (C=O) groups is 1. The molecule has 7 heteroatoms. The van der Waals surface area contributed by atoms with Crippen LogP contribution in [-0.2, 0) is 0 Å². The molecule has 0 radical (unpaired) electrons. The van der Waals surface area contributed by atoms with Crippen molar-refractivity contribution in [2.24, 2.45) is 5.10 Å². The first kappa shape index (κ1) is 14.2. The van der Waals surface area contributed by atoms with E-state index >= 15 is 0 Å². The average molecular weight is 285 g/mol. The minimum absolute atomic E-state index is 0.0367. The van der Waals surface area contributed by atoms with E-state index < -0.39 is 10.8 Å². The quantitative estimate of drug-likeness (QED) is 0.509. The molecule has 0 bridgehead atoms. The summed E-state index contributed by atoms with van der Waals surface area (Å²) in [5, 5.41) is 23.8. The summed E-state index contributed by atoms with van der Waals surface area (Å²) in [7, 11) is 0. The number of hydrogen-bond donors (Lipinski definition) is 2. The molecular weight excluding hydrogens is 274 g/mol. The lowest BCUT2D eigenvalue weighted by molar-refractivity contribution is -0.385. The highest BCUT2D eigenvalue weighted by atomic mass is 16.6. The topological polar surface area (TPSA) is 105 Å². The Labute approximate surface area is 119 Å². The van der Waals surface area contributed by atoms with Crippen LogP contribution in [0.1, 0.15) is 15.9 Å². The summed E-state index contributed by atoms with van der Waals surface area (Å²) in [4.78, 5) is 22.0. The fraction of sp³-hybridized carbons (Fsp3) is 0. The Hall–Kier alpha value is -3.22. The zero-order valence-corrected chi connectivity index (χ0v) is 10.8. The minimum Gasteiger partial charge on any atom is -0.508 e. The van der Waals surface area contributed by atoms with Gasteiger partial charge in [0, 0.05) is 11.6 Å². The molecule has 0 spiro atoms. The number of phenols is 1. The van der Waals surface area contributed by atoms with Gasteiger partial charge in [-0.15, -0.1) is 0 Å². The lowest BCUT2D eigenvalue weighted by Gasteiger charge is -2.00. The summed E-state index contributed by atoms with van der Waals surface area (Å²) in [6, 6.07) is 11.8. The number of hydrazone groups is 1. The summed E-state index contributed by atoms with van der Waals surface area (Å²) in [5.41, 5.74) is 2.64. The Morgan fingerprint density at radius 2 is 2.00 bits per heavy atom. The van der Waals surface area contributed by atoms with Crippen LogP contribution in [0.4, 0.5) is 5.69 Å². The van der Waals surface area contributed by atoms with Gasteiger partial charge in [0.25, 0.3) is 11.6 Å². The van der Waals surface area contributed by atoms with Crippen LogP contribution >= 0.6 is 0 Å². The third-order valence-corrected chi connectivity index (χ3v) is 2.61. The normalized spacial score (nSPS) is 10.5. The van der Waals surface area contributed by atoms with Crippen molar-refractivity contribution >= 4 is 17.8 Å². The fourth-order valence-corrected chi connectivity index (χ4v) is 1.64. The van der Waals surface area contributed by atoms with Gasteiger partial charge in [-0.1, -0.05) is 18.2 Å². The number of nitrogens with zero attached hydrogens (tertiary/aromatic N) is 2. The molecule has 0 aliphatic carbocycles. The van der Waals surface area contributed by atoms with Crippen LogP contribution in [0.2, 0.25) is 0 Å². The van der Waals surface area contributed by atoms with Crippen LogP contribution in [0.15, 0.2) is 53.6 Å². The van der Waals surface area contributed by atoms with Crippen LogP contribution in [-0.4, -0.2) is 22.2 Å². The Kier molecular flexibility index (Phi) is 4.25. The van der Waals surface area contributed by atoms with Gasteiger partial charge >= 0.3 is 0 Å². The Balaban J connectivity index is 2.09. The molecule has 0 fully saturated rings. The van der Waals surface area contributed by atoms with E-state index in [4.69, 9.17) is 0 Å². The summed E-state index contributed by atoms with van der Waals surface area (Å²) in [6.07, 6.45) is 1.19. The molecule has 21 heavy (non-hydrogen) atoms. The Bertz CT molecular complexity index is 713. The third-order valence-electron chi connectivity index (χ3n) is 2.61. The number of nitrogens with one attached hydrogen (secondary N) is 1. The van der Waals surface area contributed by atoms with E-state index in [1.165, 1.54) is 42.6 Å². The summed E-state index contributed by atoms with van der Waals surface area (Å²) >= 11 is 0. The van der Waals surface area contributed by atoms with Gasteiger partial charge in [0.1, 0.15) is 5.75 Å². The van der Waals surface area contributed by atoms with Gasteiger partial charge in [0.2, 0.25) is 0 Å². The number of nitro groups is 1. The smallest absolute Gasteiger partial charge is 0.278 e. The third kappa shape index (κ3) is 3.63. The Morgan fingerprint density at radius 3 is 2.71 bits per heavy atom. The molecule has 106 valence electrons. The van der Waals surface area contributed by atoms with Crippen molar-refractivity contribution in [3.8, 4) is 5.75 Å². The summed E-state index contributed by atoms with van der Waals surface area (Å²) in [5.74, 6) is -0.564. The number of amides is 1. The second-order valence-electron chi connectivity index (χ2n) is 4.07. The molecule has 0 saturated carbocycles. The summed E-state index contributed by atoms with van der Waals surface area (Å²) < 4.78 is 0. The first-order valence-electron chi connectivity index (χ1n) is 5.94. The number of rotatable bonds is 4. The number of phenolic OH excluding ortho intramolecular Hbond substituents is 1. The molecule has 0 unspecified atom stereocenters. The van der Waals surface area contributed by atoms with Gasteiger partial charge in [-0.25, -0.2) is 5.43 Å². The molecule has 2 N–H and O–H groups in total. The van der Waals surface area contributed by atoms with E-state index in [2.05, 4.69) is 10.5 Å². The predicted molar refractivity (Wildman–Crippen MR) is 76.3 cm³/mol. The van der Waals surface area contributed by atoms with Crippen molar-refractivity contribution < 1.29 is 14.8 Å². The monoisotopic (exact) mass is 285 g/mol. The molecule has 7 nitrogen and oxygen atoms in total. The van der Waals surface area contributed by atoms with Crippen LogP contribution in [0.25, 0.3) is 0 Å². The van der Waals surface area contributed by atoms with Gasteiger partial charge in [-0.3, -0.25) is 14.9 Å². The number of hydrogen-bond acceptors (Lipinski definition) is 5. The number of para-hydroxylation sites is 1. The molecule has 2 aromatic rings. The molecule has 0 atom stereocenters. The maximum absolute atomic E-state index is 11.7. The van der Waals surface area contributed by atoms with Gasteiger partial charge in [0.15, 0.2) is 0 Å². The molecule has 0 aliphatic rings. The molecule has 0 saturated heterocycles. The highest BCUT2D eigenvalue weighted by Gasteiger charge is 2.10. The first-order chi connectivity index (χ1) is 10.1. The number of aromatic hydroxyl groups is 1. The van der Waals surface area contributed by atoms with Crippen LogP contribution < -0.4 is 5.43 Å². The molecular formula is C14H11N3O4. The van der Waals surface area contributed by atoms with Gasteiger partial charge in [-0.2, -0.15) is 5.10 Å². The minimum atomic E-state index is -0.529. The van der Waals surface area contributed by atoms with E-state index in [-0.39, 0.29) is 22.6 Å². The largest absolute Gasteiger partial charge is 0.508 e. The van der Waals surface area contributed by atoms with E-state index in [0.29, 0.717) is 0 Å². The van der Waals surface area contributed by atoms with Crippen LogP contribution in [0.5, 0.6) is 5.75 Å².